The number of rotatable bonds is 0. The molecule has 2 rings (SSSR count). The van der Waals surface area contributed by atoms with Crippen molar-refractivity contribution < 1.29 is 4.52 Å². The Kier molecular flexibility index (Phi) is 0.960. The maximum Gasteiger partial charge on any atom is 0.270 e. The van der Waals surface area contributed by atoms with E-state index in [1.54, 1.807) is 0 Å². The number of aromatic nitrogens is 2. The van der Waals surface area contributed by atoms with Gasteiger partial charge in [-0.15, -0.1) is 0 Å². The van der Waals surface area contributed by atoms with Crippen molar-refractivity contribution in [3.05, 3.63) is 5.69 Å². The van der Waals surface area contributed by atoms with Crippen molar-refractivity contribution >= 4 is 26.9 Å². The fourth-order valence-corrected chi connectivity index (χ4v) is 1.46. The van der Waals surface area contributed by atoms with Crippen molar-refractivity contribution in [2.24, 2.45) is 0 Å². The zero-order chi connectivity index (χ0) is 7.14. The van der Waals surface area contributed by atoms with Crippen LogP contribution in [-0.2, 0) is 0 Å². The molecule has 2 aromatic heterocycles. The van der Waals surface area contributed by atoms with Crippen LogP contribution in [0.4, 0.5) is 5.13 Å². The molecule has 0 spiro atoms. The second-order valence-electron chi connectivity index (χ2n) is 1.95. The van der Waals surface area contributed by atoms with Crippen molar-refractivity contribution in [1.29, 1.82) is 0 Å². The largest absolute Gasteiger partial charge is 0.375 e. The molecule has 0 saturated heterocycles. The van der Waals surface area contributed by atoms with E-state index in [0.717, 1.165) is 10.4 Å². The summed E-state index contributed by atoms with van der Waals surface area (Å²) in [6, 6.07) is 0. The minimum Gasteiger partial charge on any atom is -0.375 e. The lowest BCUT2D eigenvalue weighted by molar-refractivity contribution is 0.443. The minimum atomic E-state index is 0.527. The van der Waals surface area contributed by atoms with Gasteiger partial charge in [0.25, 0.3) is 5.71 Å². The van der Waals surface area contributed by atoms with Gasteiger partial charge in [0, 0.05) is 0 Å². The quantitative estimate of drug-likeness (QED) is 0.620. The molecule has 0 aliphatic carbocycles. The van der Waals surface area contributed by atoms with Crippen LogP contribution < -0.4 is 5.73 Å². The highest BCUT2D eigenvalue weighted by atomic mass is 32.1. The summed E-state index contributed by atoms with van der Waals surface area (Å²) in [6.45, 7) is 1.86. The summed E-state index contributed by atoms with van der Waals surface area (Å²) < 4.78 is 5.78. The molecule has 0 fully saturated rings. The molecule has 0 aliphatic heterocycles. The van der Waals surface area contributed by atoms with Crippen molar-refractivity contribution in [2.45, 2.75) is 6.92 Å². The molecule has 5 heteroatoms. The Morgan fingerprint density at radius 2 is 2.40 bits per heavy atom. The van der Waals surface area contributed by atoms with Crippen LogP contribution in [0.25, 0.3) is 10.4 Å². The number of nitrogen functional groups attached to an aromatic ring is 1. The van der Waals surface area contributed by atoms with Crippen LogP contribution in [0.15, 0.2) is 4.52 Å². The molecule has 4 nitrogen and oxygen atoms in total. The van der Waals surface area contributed by atoms with Crippen LogP contribution in [0, 0.1) is 6.92 Å². The lowest BCUT2D eigenvalue weighted by Gasteiger charge is -1.74. The van der Waals surface area contributed by atoms with Gasteiger partial charge in [-0.25, -0.2) is 0 Å². The summed E-state index contributed by atoms with van der Waals surface area (Å²) in [5, 5.41) is 4.24. The maximum absolute atomic E-state index is 5.42. The maximum atomic E-state index is 5.42. The summed E-state index contributed by atoms with van der Waals surface area (Å²) in [5.74, 6) is 0. The van der Waals surface area contributed by atoms with Crippen molar-refractivity contribution in [3.8, 4) is 0 Å². The molecule has 0 unspecified atom stereocenters. The predicted molar refractivity (Wildman–Crippen MR) is 38.8 cm³/mol. The number of fused-ring (bicyclic) bond motifs is 1. The number of hydrogen-bond donors (Lipinski definition) is 1. The fraction of sp³-hybridized carbons (Fsp3) is 0.200. The summed E-state index contributed by atoms with van der Waals surface area (Å²) >= 11 is 1.40. The first-order valence-electron chi connectivity index (χ1n) is 2.75. The van der Waals surface area contributed by atoms with E-state index in [1.165, 1.54) is 11.3 Å². The average Bonchev–Trinajstić information content (AvgIpc) is 2.35. The molecule has 2 N–H and O–H groups in total. The number of thiazole rings is 1. The second-order valence-corrected chi connectivity index (χ2v) is 2.99. The average molecular weight is 155 g/mol. The summed E-state index contributed by atoms with van der Waals surface area (Å²) in [5.41, 5.74) is 6.82. The molecule has 52 valence electrons. The van der Waals surface area contributed by atoms with Gasteiger partial charge in [0.15, 0.2) is 5.13 Å². The molecule has 0 amide bonds. The number of aryl methyl sites for hydroxylation is 1. The molecular weight excluding hydrogens is 150 g/mol. The van der Waals surface area contributed by atoms with Gasteiger partial charge in [0.1, 0.15) is 10.4 Å². The van der Waals surface area contributed by atoms with Gasteiger partial charge in [-0.3, -0.25) is 0 Å². The van der Waals surface area contributed by atoms with E-state index >= 15 is 0 Å². The fourth-order valence-electron chi connectivity index (χ4n) is 0.766. The van der Waals surface area contributed by atoms with Gasteiger partial charge < -0.3 is 10.3 Å². The van der Waals surface area contributed by atoms with E-state index < -0.39 is 0 Å². The number of hydrogen-bond acceptors (Lipinski definition) is 5. The summed E-state index contributed by atoms with van der Waals surface area (Å²) in [6.07, 6.45) is 0. The first-order chi connectivity index (χ1) is 4.77. The van der Waals surface area contributed by atoms with E-state index in [0.29, 0.717) is 10.8 Å². The molecule has 0 atom stereocenters. The molecule has 0 aliphatic rings. The van der Waals surface area contributed by atoms with Gasteiger partial charge in [0.05, 0.1) is 0 Å². The molecular formula is C5H5N3OS. The highest BCUT2D eigenvalue weighted by Gasteiger charge is 2.08. The molecule has 0 radical (unpaired) electrons. The Morgan fingerprint density at radius 3 is 3.10 bits per heavy atom. The van der Waals surface area contributed by atoms with Gasteiger partial charge >= 0.3 is 0 Å². The van der Waals surface area contributed by atoms with Crippen LogP contribution in [0.3, 0.4) is 0 Å². The van der Waals surface area contributed by atoms with E-state index in [9.17, 15) is 0 Å². The Morgan fingerprint density at radius 1 is 1.60 bits per heavy atom. The SMILES string of the molecule is Cc1noc2nc(N)sc12. The van der Waals surface area contributed by atoms with Crippen LogP contribution in [0.2, 0.25) is 0 Å². The van der Waals surface area contributed by atoms with Crippen LogP contribution in [0.1, 0.15) is 5.69 Å². The second kappa shape index (κ2) is 1.69. The van der Waals surface area contributed by atoms with E-state index in [4.69, 9.17) is 10.3 Å². The molecule has 10 heavy (non-hydrogen) atoms. The first kappa shape index (κ1) is 5.67. The third-order valence-electron chi connectivity index (χ3n) is 1.21. The number of nitrogens with zero attached hydrogens (tertiary/aromatic N) is 2. The normalized spacial score (nSPS) is 10.9. The highest BCUT2D eigenvalue weighted by Crippen LogP contribution is 2.25. The third-order valence-corrected chi connectivity index (χ3v) is 2.18. The minimum absolute atomic E-state index is 0.527. The molecule has 2 heterocycles. The topological polar surface area (TPSA) is 64.9 Å². The summed E-state index contributed by atoms with van der Waals surface area (Å²) in [7, 11) is 0. The van der Waals surface area contributed by atoms with Gasteiger partial charge in [-0.2, -0.15) is 4.98 Å². The van der Waals surface area contributed by atoms with Crippen molar-refractivity contribution in [2.75, 3.05) is 5.73 Å². The first-order valence-corrected chi connectivity index (χ1v) is 3.57. The van der Waals surface area contributed by atoms with Crippen LogP contribution >= 0.6 is 11.3 Å². The van der Waals surface area contributed by atoms with Crippen molar-refractivity contribution in [3.63, 3.8) is 0 Å². The van der Waals surface area contributed by atoms with E-state index in [1.807, 2.05) is 6.92 Å². The zero-order valence-corrected chi connectivity index (χ0v) is 6.10. The number of nitrogens with two attached hydrogens (primary N) is 1. The standard InChI is InChI=1S/C5H5N3OS/c1-2-3-4(9-8-2)7-5(6)10-3/h1H3,(H2,6,7). The lowest BCUT2D eigenvalue weighted by Crippen LogP contribution is -1.78. The zero-order valence-electron chi connectivity index (χ0n) is 5.29. The smallest absolute Gasteiger partial charge is 0.270 e. The Labute approximate surface area is 60.6 Å². The van der Waals surface area contributed by atoms with E-state index in [-0.39, 0.29) is 0 Å². The van der Waals surface area contributed by atoms with Gasteiger partial charge in [0.2, 0.25) is 0 Å². The third kappa shape index (κ3) is 0.607. The van der Waals surface area contributed by atoms with Crippen LogP contribution in [-0.4, -0.2) is 10.1 Å². The monoisotopic (exact) mass is 155 g/mol. The summed E-state index contributed by atoms with van der Waals surface area (Å²) in [4.78, 5) is 3.90. The lowest BCUT2D eigenvalue weighted by atomic mass is 10.5. The Hall–Kier alpha value is -1.10. The van der Waals surface area contributed by atoms with E-state index in [2.05, 4.69) is 10.1 Å². The number of anilines is 1. The van der Waals surface area contributed by atoms with Crippen molar-refractivity contribution in [1.82, 2.24) is 10.1 Å². The molecule has 0 saturated carbocycles. The molecule has 0 bridgehead atoms. The van der Waals surface area contributed by atoms with Gasteiger partial charge in [-0.05, 0) is 6.92 Å². The molecule has 0 aromatic carbocycles. The van der Waals surface area contributed by atoms with Crippen LogP contribution in [0.5, 0.6) is 0 Å². The Bertz CT molecular complexity index is 364. The molecule has 2 aromatic rings. The van der Waals surface area contributed by atoms with Gasteiger partial charge in [-0.1, -0.05) is 16.5 Å². The Balaban J connectivity index is 2.90. The predicted octanol–water partition coefficient (Wildman–Crippen LogP) is 1.17. The highest BCUT2D eigenvalue weighted by molar-refractivity contribution is 7.22.